The lowest BCUT2D eigenvalue weighted by molar-refractivity contribution is -0.137. The van der Waals surface area contributed by atoms with E-state index in [1.54, 1.807) is 45.3 Å². The Bertz CT molecular complexity index is 1940. The number of carboxylic acids is 1. The van der Waals surface area contributed by atoms with Gasteiger partial charge in [-0.15, -0.1) is 0 Å². The fourth-order valence-corrected chi connectivity index (χ4v) is 5.38. The van der Waals surface area contributed by atoms with E-state index >= 15 is 0 Å². The number of anilines is 1. The average molecular weight is 710 g/mol. The number of carboxylic acid groups (broad SMARTS) is 1. The minimum atomic E-state index is -4.52. The molecule has 3 aromatic carbocycles. The van der Waals surface area contributed by atoms with Gasteiger partial charge in [-0.3, -0.25) is 19.4 Å². The highest BCUT2D eigenvalue weighted by atomic mass is 35.5. The minimum absolute atomic E-state index is 0.00283. The highest BCUT2D eigenvalue weighted by molar-refractivity contribution is 6.32. The number of alkyl halides is 3. The number of esters is 1. The Kier molecular flexibility index (Phi) is 11.7. The Balaban J connectivity index is 1.52. The Morgan fingerprint density at radius 1 is 0.960 bits per heavy atom. The SMILES string of the molecule is Cc1ccc(C(=O)Nc2ccc(CCCC(=O)Oc3c(Cl)cc(C(=O)O)cc3C(C)C)cc2C(=O)N(C)C)c(-c2ccc(C(F)(F)F)cc2)n1. The van der Waals surface area contributed by atoms with E-state index in [1.165, 1.54) is 35.2 Å². The van der Waals surface area contributed by atoms with Gasteiger partial charge in [-0.1, -0.05) is 43.6 Å². The molecule has 0 atom stereocenters. The van der Waals surface area contributed by atoms with E-state index in [4.69, 9.17) is 16.3 Å². The molecule has 0 aliphatic rings. The number of halogens is 4. The van der Waals surface area contributed by atoms with E-state index < -0.39 is 35.5 Å². The Morgan fingerprint density at radius 3 is 2.24 bits per heavy atom. The first-order chi connectivity index (χ1) is 23.5. The van der Waals surface area contributed by atoms with Gasteiger partial charge in [0, 0.05) is 31.8 Å². The molecule has 9 nitrogen and oxygen atoms in total. The number of aromatic nitrogens is 1. The second kappa shape index (κ2) is 15.5. The number of nitrogens with one attached hydrogen (secondary N) is 1. The van der Waals surface area contributed by atoms with Gasteiger partial charge in [-0.2, -0.15) is 13.2 Å². The van der Waals surface area contributed by atoms with E-state index in [2.05, 4.69) is 10.3 Å². The van der Waals surface area contributed by atoms with Crippen molar-refractivity contribution in [3.63, 3.8) is 0 Å². The molecule has 1 heterocycles. The van der Waals surface area contributed by atoms with Crippen molar-refractivity contribution in [1.29, 1.82) is 0 Å². The highest BCUT2D eigenvalue weighted by Gasteiger charge is 2.30. The van der Waals surface area contributed by atoms with Crippen LogP contribution in [0.5, 0.6) is 5.75 Å². The lowest BCUT2D eigenvalue weighted by Crippen LogP contribution is -2.24. The first kappa shape index (κ1) is 37.6. The molecule has 0 saturated carbocycles. The van der Waals surface area contributed by atoms with Gasteiger partial charge in [0.1, 0.15) is 0 Å². The van der Waals surface area contributed by atoms with Crippen LogP contribution >= 0.6 is 11.6 Å². The van der Waals surface area contributed by atoms with Crippen LogP contribution in [0.1, 0.15) is 86.1 Å². The molecule has 0 spiro atoms. The van der Waals surface area contributed by atoms with Crippen molar-refractivity contribution in [1.82, 2.24) is 9.88 Å². The average Bonchev–Trinajstić information content (AvgIpc) is 3.05. The van der Waals surface area contributed by atoms with Crippen molar-refractivity contribution in [3.8, 4) is 17.0 Å². The van der Waals surface area contributed by atoms with Crippen LogP contribution in [0.25, 0.3) is 11.3 Å². The van der Waals surface area contributed by atoms with Crippen molar-refractivity contribution >= 4 is 41.0 Å². The zero-order valence-electron chi connectivity index (χ0n) is 27.9. The second-order valence-electron chi connectivity index (χ2n) is 12.1. The van der Waals surface area contributed by atoms with Crippen molar-refractivity contribution in [2.75, 3.05) is 19.4 Å². The molecule has 0 aliphatic heterocycles. The molecule has 50 heavy (non-hydrogen) atoms. The van der Waals surface area contributed by atoms with Crippen LogP contribution in [0.2, 0.25) is 5.02 Å². The molecule has 0 aliphatic carbocycles. The molecule has 1 aromatic heterocycles. The lowest BCUT2D eigenvalue weighted by Gasteiger charge is -2.17. The quantitative estimate of drug-likeness (QED) is 0.118. The molecule has 262 valence electrons. The zero-order valence-corrected chi connectivity index (χ0v) is 28.7. The van der Waals surface area contributed by atoms with E-state index in [1.807, 2.05) is 13.8 Å². The summed E-state index contributed by atoms with van der Waals surface area (Å²) in [6.07, 6.45) is -3.81. The second-order valence-corrected chi connectivity index (χ2v) is 12.5. The summed E-state index contributed by atoms with van der Waals surface area (Å²) >= 11 is 6.28. The summed E-state index contributed by atoms with van der Waals surface area (Å²) in [4.78, 5) is 56.8. The van der Waals surface area contributed by atoms with E-state index in [-0.39, 0.29) is 51.2 Å². The van der Waals surface area contributed by atoms with Crippen LogP contribution in [-0.4, -0.2) is 52.8 Å². The third-order valence-electron chi connectivity index (χ3n) is 7.74. The van der Waals surface area contributed by atoms with Gasteiger partial charge in [-0.05, 0) is 85.3 Å². The summed E-state index contributed by atoms with van der Waals surface area (Å²) in [5.41, 5.74) is 1.87. The van der Waals surface area contributed by atoms with Gasteiger partial charge in [0.15, 0.2) is 5.75 Å². The number of hydrogen-bond acceptors (Lipinski definition) is 6. The van der Waals surface area contributed by atoms with Crippen LogP contribution in [-0.2, 0) is 17.4 Å². The van der Waals surface area contributed by atoms with Crippen LogP contribution in [0.15, 0.2) is 66.7 Å². The molecule has 0 bridgehead atoms. The maximum atomic E-state index is 13.6. The van der Waals surface area contributed by atoms with Crippen LogP contribution in [0.3, 0.4) is 0 Å². The number of aryl methyl sites for hydroxylation is 2. The number of carbonyl (C=O) groups is 4. The fourth-order valence-electron chi connectivity index (χ4n) is 5.12. The molecule has 0 unspecified atom stereocenters. The van der Waals surface area contributed by atoms with Crippen molar-refractivity contribution in [2.24, 2.45) is 0 Å². The topological polar surface area (TPSA) is 126 Å². The van der Waals surface area contributed by atoms with Crippen molar-refractivity contribution in [2.45, 2.75) is 52.1 Å². The molecular formula is C37H35ClF3N3O6. The molecule has 4 aromatic rings. The summed E-state index contributed by atoms with van der Waals surface area (Å²) in [6.45, 7) is 5.34. The van der Waals surface area contributed by atoms with Gasteiger partial charge in [0.05, 0.1) is 38.7 Å². The predicted molar refractivity (Wildman–Crippen MR) is 183 cm³/mol. The van der Waals surface area contributed by atoms with E-state index in [0.717, 1.165) is 12.1 Å². The molecule has 0 saturated heterocycles. The Hall–Kier alpha value is -5.23. The number of rotatable bonds is 11. The molecule has 2 amide bonds. The highest BCUT2D eigenvalue weighted by Crippen LogP contribution is 2.36. The smallest absolute Gasteiger partial charge is 0.416 e. The maximum absolute atomic E-state index is 13.6. The third kappa shape index (κ3) is 9.06. The molecule has 13 heteroatoms. The fraction of sp³-hybridized carbons (Fsp3) is 0.270. The number of nitrogens with zero attached hydrogens (tertiary/aromatic N) is 2. The van der Waals surface area contributed by atoms with Gasteiger partial charge < -0.3 is 20.1 Å². The summed E-state index contributed by atoms with van der Waals surface area (Å²) in [6, 6.07) is 15.0. The number of hydrogen-bond donors (Lipinski definition) is 2. The van der Waals surface area contributed by atoms with Gasteiger partial charge in [0.2, 0.25) is 0 Å². The van der Waals surface area contributed by atoms with Gasteiger partial charge in [-0.25, -0.2) is 4.79 Å². The minimum Gasteiger partial charge on any atom is -0.478 e. The number of aromatic carboxylic acids is 1. The molecule has 0 fully saturated rings. The third-order valence-corrected chi connectivity index (χ3v) is 8.02. The van der Waals surface area contributed by atoms with Crippen LogP contribution < -0.4 is 10.1 Å². The van der Waals surface area contributed by atoms with Gasteiger partial charge >= 0.3 is 18.1 Å². The molecule has 0 radical (unpaired) electrons. The lowest BCUT2D eigenvalue weighted by atomic mass is 9.99. The Labute approximate surface area is 292 Å². The number of carbonyl (C=O) groups excluding carboxylic acids is 3. The Morgan fingerprint density at radius 2 is 1.64 bits per heavy atom. The largest absolute Gasteiger partial charge is 0.478 e. The molecular weight excluding hydrogens is 675 g/mol. The van der Waals surface area contributed by atoms with Crippen LogP contribution in [0.4, 0.5) is 18.9 Å². The number of ether oxygens (including phenoxy) is 1. The maximum Gasteiger partial charge on any atom is 0.416 e. The summed E-state index contributed by atoms with van der Waals surface area (Å²) in [5, 5.41) is 12.1. The monoisotopic (exact) mass is 709 g/mol. The summed E-state index contributed by atoms with van der Waals surface area (Å²) in [7, 11) is 3.12. The number of amides is 2. The zero-order chi connectivity index (χ0) is 36.9. The van der Waals surface area contributed by atoms with E-state index in [9.17, 15) is 37.5 Å². The van der Waals surface area contributed by atoms with E-state index in [0.29, 0.717) is 35.2 Å². The first-order valence-electron chi connectivity index (χ1n) is 15.5. The number of pyridine rings is 1. The normalized spacial score (nSPS) is 11.3. The standard InChI is InChI=1S/C37H35ClF3N3O6/c1-20(2)27-18-24(36(48)49)19-29(38)33(27)50-31(45)8-6-7-22-10-16-30(28(17-22)35(47)44(4)5)43-34(46)26-15-9-21(3)42-32(26)23-11-13-25(14-12-23)37(39,40)41/h9-20H,6-8H2,1-5H3,(H,43,46)(H,48,49). The van der Waals surface area contributed by atoms with Gasteiger partial charge in [0.25, 0.3) is 11.8 Å². The first-order valence-corrected chi connectivity index (χ1v) is 15.9. The predicted octanol–water partition coefficient (Wildman–Crippen LogP) is 8.43. The summed E-state index contributed by atoms with van der Waals surface area (Å²) in [5.74, 6) is -2.79. The van der Waals surface area contributed by atoms with Crippen LogP contribution in [0, 0.1) is 6.92 Å². The molecule has 2 N–H and O–H groups in total. The van der Waals surface area contributed by atoms with Crippen molar-refractivity contribution < 1.29 is 42.2 Å². The van der Waals surface area contributed by atoms with Crippen molar-refractivity contribution in [3.05, 3.63) is 111 Å². The number of benzene rings is 3. The molecule has 4 rings (SSSR count). The summed E-state index contributed by atoms with van der Waals surface area (Å²) < 4.78 is 45.0.